The van der Waals surface area contributed by atoms with Gasteiger partial charge >= 0.3 is 0 Å². The third-order valence-electron chi connectivity index (χ3n) is 5.06. The highest BCUT2D eigenvalue weighted by Gasteiger charge is 2.28. The van der Waals surface area contributed by atoms with Crippen molar-refractivity contribution in [2.24, 2.45) is 5.73 Å². The van der Waals surface area contributed by atoms with Crippen LogP contribution < -0.4 is 10.5 Å². The molecule has 29 heavy (non-hydrogen) atoms. The van der Waals surface area contributed by atoms with E-state index in [9.17, 15) is 9.59 Å². The van der Waals surface area contributed by atoms with Crippen LogP contribution in [0.3, 0.4) is 0 Å². The van der Waals surface area contributed by atoms with Crippen LogP contribution in [0.15, 0.2) is 48.5 Å². The van der Waals surface area contributed by atoms with Gasteiger partial charge in [0.2, 0.25) is 0 Å². The van der Waals surface area contributed by atoms with E-state index in [0.29, 0.717) is 38.3 Å². The van der Waals surface area contributed by atoms with Crippen molar-refractivity contribution in [2.75, 3.05) is 26.2 Å². The van der Waals surface area contributed by atoms with E-state index < -0.39 is 6.10 Å². The molecule has 156 valence electrons. The molecule has 0 aliphatic carbocycles. The fourth-order valence-corrected chi connectivity index (χ4v) is 3.28. The van der Waals surface area contributed by atoms with Gasteiger partial charge in [-0.15, -0.1) is 12.4 Å². The van der Waals surface area contributed by atoms with Gasteiger partial charge in [0.05, 0.1) is 0 Å². The van der Waals surface area contributed by atoms with Crippen molar-refractivity contribution in [2.45, 2.75) is 26.5 Å². The van der Waals surface area contributed by atoms with Crippen LogP contribution in [0, 0.1) is 6.92 Å². The molecule has 7 heteroatoms. The number of rotatable bonds is 5. The number of amides is 2. The van der Waals surface area contributed by atoms with E-state index in [0.717, 1.165) is 16.9 Å². The molecule has 0 saturated carbocycles. The zero-order chi connectivity index (χ0) is 20.1. The van der Waals surface area contributed by atoms with Crippen LogP contribution in [0.25, 0.3) is 0 Å². The second kappa shape index (κ2) is 10.3. The maximum absolute atomic E-state index is 12.7. The number of hydrogen-bond acceptors (Lipinski definition) is 4. The van der Waals surface area contributed by atoms with E-state index >= 15 is 0 Å². The Kier molecular flexibility index (Phi) is 8.05. The number of halogens is 1. The number of hydrogen-bond donors (Lipinski definition) is 1. The topological polar surface area (TPSA) is 75.9 Å². The Morgan fingerprint density at radius 2 is 1.59 bits per heavy atom. The molecule has 1 aliphatic heterocycles. The van der Waals surface area contributed by atoms with Gasteiger partial charge in [-0.2, -0.15) is 0 Å². The molecule has 0 radical (unpaired) electrons. The van der Waals surface area contributed by atoms with E-state index in [1.165, 1.54) is 0 Å². The number of nitrogens with two attached hydrogens (primary N) is 1. The summed E-state index contributed by atoms with van der Waals surface area (Å²) in [6.07, 6.45) is -0.563. The van der Waals surface area contributed by atoms with Crippen molar-refractivity contribution in [3.63, 3.8) is 0 Å². The number of benzene rings is 2. The molecule has 2 N–H and O–H groups in total. The van der Waals surface area contributed by atoms with Crippen molar-refractivity contribution in [3.8, 4) is 5.75 Å². The molecule has 3 rings (SSSR count). The lowest BCUT2D eigenvalue weighted by molar-refractivity contribution is -0.139. The van der Waals surface area contributed by atoms with Crippen molar-refractivity contribution in [3.05, 3.63) is 65.2 Å². The minimum atomic E-state index is -0.563. The lowest BCUT2D eigenvalue weighted by atomic mass is 10.1. The number of aryl methyl sites for hydroxylation is 1. The number of piperazine rings is 1. The average molecular weight is 418 g/mol. The number of carbonyl (C=O) groups is 2. The predicted molar refractivity (Wildman–Crippen MR) is 115 cm³/mol. The number of nitrogens with zero attached hydrogens (tertiary/aromatic N) is 2. The van der Waals surface area contributed by atoms with Crippen LogP contribution in [-0.4, -0.2) is 53.9 Å². The molecule has 0 spiro atoms. The Labute approximate surface area is 178 Å². The fraction of sp³-hybridized carbons (Fsp3) is 0.364. The monoisotopic (exact) mass is 417 g/mol. The predicted octanol–water partition coefficient (Wildman–Crippen LogP) is 2.63. The SMILES string of the molecule is Cc1ccccc1OC(C)C(=O)N1CCN(C(=O)c2ccc(CN)cc2)CC1.Cl. The largest absolute Gasteiger partial charge is 0.481 e. The molecule has 2 aromatic carbocycles. The number of para-hydroxylation sites is 1. The van der Waals surface area contributed by atoms with E-state index in [4.69, 9.17) is 10.5 Å². The first-order chi connectivity index (χ1) is 13.5. The molecule has 1 atom stereocenters. The van der Waals surface area contributed by atoms with Crippen molar-refractivity contribution >= 4 is 24.2 Å². The van der Waals surface area contributed by atoms with Gasteiger partial charge in [0.25, 0.3) is 11.8 Å². The lowest BCUT2D eigenvalue weighted by Crippen LogP contribution is -2.53. The summed E-state index contributed by atoms with van der Waals surface area (Å²) in [6.45, 7) is 6.22. The standard InChI is InChI=1S/C22H27N3O3.ClH/c1-16-5-3-4-6-20(16)28-17(2)21(26)24-11-13-25(14-12-24)22(27)19-9-7-18(15-23)8-10-19;/h3-10,17H,11-15,23H2,1-2H3;1H. The van der Waals surface area contributed by atoms with E-state index in [-0.39, 0.29) is 24.2 Å². The second-order valence-corrected chi connectivity index (χ2v) is 7.04. The van der Waals surface area contributed by atoms with Gasteiger partial charge in [0.1, 0.15) is 5.75 Å². The highest BCUT2D eigenvalue weighted by molar-refractivity contribution is 5.94. The minimum Gasteiger partial charge on any atom is -0.481 e. The van der Waals surface area contributed by atoms with E-state index in [1.807, 2.05) is 43.3 Å². The maximum atomic E-state index is 12.7. The smallest absolute Gasteiger partial charge is 0.263 e. The molecule has 0 bridgehead atoms. The Balaban J connectivity index is 0.00000300. The van der Waals surface area contributed by atoms with E-state index in [1.54, 1.807) is 28.9 Å². The van der Waals surface area contributed by atoms with Crippen molar-refractivity contribution < 1.29 is 14.3 Å². The minimum absolute atomic E-state index is 0. The molecule has 1 aliphatic rings. The second-order valence-electron chi connectivity index (χ2n) is 7.04. The van der Waals surface area contributed by atoms with E-state index in [2.05, 4.69) is 0 Å². The van der Waals surface area contributed by atoms with Gasteiger partial charge in [-0.3, -0.25) is 9.59 Å². The lowest BCUT2D eigenvalue weighted by Gasteiger charge is -2.36. The Bertz CT molecular complexity index is 833. The third kappa shape index (κ3) is 5.49. The van der Waals surface area contributed by atoms with Gasteiger partial charge in [0.15, 0.2) is 6.10 Å². The van der Waals surface area contributed by atoms with Gasteiger partial charge < -0.3 is 20.3 Å². The molecule has 6 nitrogen and oxygen atoms in total. The molecule has 2 amide bonds. The van der Waals surface area contributed by atoms with Gasteiger partial charge in [-0.1, -0.05) is 30.3 Å². The molecule has 0 aromatic heterocycles. The summed E-state index contributed by atoms with van der Waals surface area (Å²) < 4.78 is 5.84. The molecular weight excluding hydrogens is 390 g/mol. The summed E-state index contributed by atoms with van der Waals surface area (Å²) in [5.41, 5.74) is 8.24. The van der Waals surface area contributed by atoms with Crippen LogP contribution in [0.2, 0.25) is 0 Å². The Morgan fingerprint density at radius 1 is 1.00 bits per heavy atom. The first-order valence-corrected chi connectivity index (χ1v) is 9.59. The van der Waals surface area contributed by atoms with Crippen molar-refractivity contribution in [1.29, 1.82) is 0 Å². The summed E-state index contributed by atoms with van der Waals surface area (Å²) in [5.74, 6) is 0.653. The maximum Gasteiger partial charge on any atom is 0.263 e. The average Bonchev–Trinajstić information content (AvgIpc) is 2.74. The highest BCUT2D eigenvalue weighted by atomic mass is 35.5. The number of carbonyl (C=O) groups excluding carboxylic acids is 2. The summed E-state index contributed by atoms with van der Waals surface area (Å²) in [4.78, 5) is 28.9. The first-order valence-electron chi connectivity index (χ1n) is 9.59. The normalized spacial score (nSPS) is 14.7. The molecule has 1 fully saturated rings. The molecule has 1 heterocycles. The van der Waals surface area contributed by atoms with Crippen LogP contribution in [0.1, 0.15) is 28.4 Å². The first kappa shape index (κ1) is 22.7. The molecular formula is C22H28ClN3O3. The Hall–Kier alpha value is -2.57. The van der Waals surface area contributed by atoms with Crippen LogP contribution in [0.4, 0.5) is 0 Å². The molecule has 2 aromatic rings. The highest BCUT2D eigenvalue weighted by Crippen LogP contribution is 2.19. The van der Waals surface area contributed by atoms with Crippen LogP contribution in [-0.2, 0) is 11.3 Å². The summed E-state index contributed by atoms with van der Waals surface area (Å²) in [6, 6.07) is 15.0. The van der Waals surface area contributed by atoms with Crippen LogP contribution in [0.5, 0.6) is 5.75 Å². The quantitative estimate of drug-likeness (QED) is 0.811. The summed E-state index contributed by atoms with van der Waals surface area (Å²) in [5, 5.41) is 0. The van der Waals surface area contributed by atoms with Gasteiger partial charge in [-0.05, 0) is 43.2 Å². The van der Waals surface area contributed by atoms with Crippen molar-refractivity contribution in [1.82, 2.24) is 9.80 Å². The molecule has 1 saturated heterocycles. The van der Waals surface area contributed by atoms with Gasteiger partial charge in [-0.25, -0.2) is 0 Å². The zero-order valence-corrected chi connectivity index (χ0v) is 17.7. The zero-order valence-electron chi connectivity index (χ0n) is 16.8. The van der Waals surface area contributed by atoms with Gasteiger partial charge in [0, 0.05) is 38.3 Å². The summed E-state index contributed by atoms with van der Waals surface area (Å²) >= 11 is 0. The Morgan fingerprint density at radius 3 is 2.17 bits per heavy atom. The number of ether oxygens (including phenoxy) is 1. The fourth-order valence-electron chi connectivity index (χ4n) is 3.28. The molecule has 1 unspecified atom stereocenters. The van der Waals surface area contributed by atoms with Crippen LogP contribution >= 0.6 is 12.4 Å². The summed E-state index contributed by atoms with van der Waals surface area (Å²) in [7, 11) is 0. The third-order valence-corrected chi connectivity index (χ3v) is 5.06.